The highest BCUT2D eigenvalue weighted by molar-refractivity contribution is 6.16. The summed E-state index contributed by atoms with van der Waals surface area (Å²) in [5, 5.41) is 7.88. The van der Waals surface area contributed by atoms with Crippen LogP contribution in [0.2, 0.25) is 0 Å². The van der Waals surface area contributed by atoms with E-state index >= 15 is 0 Å². The Morgan fingerprint density at radius 3 is 2.09 bits per heavy atom. The number of aromatic nitrogens is 3. The summed E-state index contributed by atoms with van der Waals surface area (Å²) in [4.78, 5) is 10.8. The zero-order chi connectivity index (χ0) is 30.2. The highest BCUT2D eigenvalue weighted by Crippen LogP contribution is 2.40. The first-order valence-electron chi connectivity index (χ1n) is 15.5. The molecule has 0 N–H and O–H groups in total. The van der Waals surface area contributed by atoms with Gasteiger partial charge < -0.3 is 4.42 Å². The van der Waals surface area contributed by atoms with Crippen molar-refractivity contribution in [3.8, 4) is 28.3 Å². The molecule has 0 amide bonds. The highest BCUT2D eigenvalue weighted by atomic mass is 16.3. The highest BCUT2D eigenvalue weighted by Gasteiger charge is 2.20. The first-order valence-corrected chi connectivity index (χ1v) is 15.5. The maximum Gasteiger partial charge on any atom is 0.235 e. The number of rotatable bonds is 3. The zero-order valence-electron chi connectivity index (χ0n) is 24.7. The molecule has 10 rings (SSSR count). The average molecular weight is 588 g/mol. The van der Waals surface area contributed by atoms with Crippen LogP contribution in [0.3, 0.4) is 0 Å². The van der Waals surface area contributed by atoms with Crippen molar-refractivity contribution >= 4 is 65.4 Å². The maximum atomic E-state index is 6.31. The number of hydrogen-bond acceptors (Lipinski definition) is 3. The molecule has 0 aliphatic heterocycles. The van der Waals surface area contributed by atoms with Crippen LogP contribution in [-0.4, -0.2) is 14.5 Å². The molecule has 0 saturated heterocycles. The number of nitrogens with zero attached hydrogens (tertiary/aromatic N) is 3. The van der Waals surface area contributed by atoms with E-state index < -0.39 is 0 Å². The fourth-order valence-corrected chi connectivity index (χ4v) is 7.08. The normalized spacial score (nSPS) is 11.9. The molecule has 4 nitrogen and oxygen atoms in total. The van der Waals surface area contributed by atoms with E-state index in [0.29, 0.717) is 5.95 Å². The van der Waals surface area contributed by atoms with E-state index in [-0.39, 0.29) is 0 Å². The lowest BCUT2D eigenvalue weighted by Crippen LogP contribution is -2.03. The molecule has 0 radical (unpaired) electrons. The molecule has 0 saturated carbocycles. The second-order valence-corrected chi connectivity index (χ2v) is 11.8. The fraction of sp³-hybridized carbons (Fsp3) is 0. The molecule has 0 aliphatic carbocycles. The number of fused-ring (bicyclic) bond motifs is 8. The second kappa shape index (κ2) is 9.62. The van der Waals surface area contributed by atoms with Gasteiger partial charge in [0.2, 0.25) is 5.95 Å². The predicted octanol–water partition coefficient (Wildman–Crippen LogP) is 11.1. The van der Waals surface area contributed by atoms with Crippen molar-refractivity contribution in [2.45, 2.75) is 0 Å². The van der Waals surface area contributed by atoms with Gasteiger partial charge in [0.25, 0.3) is 0 Å². The summed E-state index contributed by atoms with van der Waals surface area (Å²) < 4.78 is 8.54. The van der Waals surface area contributed by atoms with Crippen molar-refractivity contribution in [2.24, 2.45) is 0 Å². The van der Waals surface area contributed by atoms with Gasteiger partial charge in [-0.1, -0.05) is 109 Å². The molecule has 0 fully saturated rings. The van der Waals surface area contributed by atoms with Crippen LogP contribution in [0.1, 0.15) is 0 Å². The molecule has 10 aromatic rings. The molecule has 0 spiro atoms. The molecule has 214 valence electrons. The van der Waals surface area contributed by atoms with Crippen LogP contribution >= 0.6 is 0 Å². The predicted molar refractivity (Wildman–Crippen MR) is 190 cm³/mol. The Labute approximate surface area is 263 Å². The van der Waals surface area contributed by atoms with E-state index in [0.717, 1.165) is 66.3 Å². The molecule has 0 bridgehead atoms. The number of hydrogen-bond donors (Lipinski definition) is 0. The SMILES string of the molecule is c1ccc(-c2ccc3c(-c4cccc5oc6ccccc6c45)nc(-n4c5ccccc5c5cc6ccccc6cc54)nc3c2)cc1. The van der Waals surface area contributed by atoms with Gasteiger partial charge in [-0.25, -0.2) is 9.97 Å². The Morgan fingerprint density at radius 2 is 1.20 bits per heavy atom. The van der Waals surface area contributed by atoms with Gasteiger partial charge >= 0.3 is 0 Å². The molecule has 3 aromatic heterocycles. The van der Waals surface area contributed by atoms with Gasteiger partial charge in [0, 0.05) is 32.5 Å². The molecule has 0 unspecified atom stereocenters. The Bertz CT molecular complexity index is 2810. The lowest BCUT2D eigenvalue weighted by Gasteiger charge is -2.13. The van der Waals surface area contributed by atoms with E-state index in [2.05, 4.69) is 132 Å². The standard InChI is InChI=1S/C42H25N3O/c1-2-11-26(12-3-1)29-21-22-31-35(24-29)43-42(44-41(31)33-17-10-20-39-40(33)32-16-7-9-19-38(32)46-39)45-36-18-8-6-15-30(36)34-23-27-13-4-5-14-28(27)25-37(34)45/h1-25H. The van der Waals surface area contributed by atoms with E-state index in [4.69, 9.17) is 14.4 Å². The molecular formula is C42H25N3O. The smallest absolute Gasteiger partial charge is 0.235 e. The summed E-state index contributed by atoms with van der Waals surface area (Å²) in [5.74, 6) is 0.638. The molecule has 0 aliphatic rings. The van der Waals surface area contributed by atoms with Gasteiger partial charge in [-0.15, -0.1) is 0 Å². The number of benzene rings is 7. The molecule has 4 heteroatoms. The third kappa shape index (κ3) is 3.67. The molecule has 7 aromatic carbocycles. The zero-order valence-corrected chi connectivity index (χ0v) is 24.7. The third-order valence-corrected chi connectivity index (χ3v) is 9.19. The Balaban J connectivity index is 1.34. The topological polar surface area (TPSA) is 43.9 Å². The van der Waals surface area contributed by atoms with E-state index in [1.165, 1.54) is 21.5 Å². The lowest BCUT2D eigenvalue weighted by atomic mass is 9.98. The number of para-hydroxylation sites is 2. The van der Waals surface area contributed by atoms with Gasteiger partial charge in [-0.05, 0) is 64.4 Å². The van der Waals surface area contributed by atoms with Crippen LogP contribution in [-0.2, 0) is 0 Å². The van der Waals surface area contributed by atoms with Crippen LogP contribution < -0.4 is 0 Å². The van der Waals surface area contributed by atoms with Crippen molar-refractivity contribution in [2.75, 3.05) is 0 Å². The first-order chi connectivity index (χ1) is 22.8. The van der Waals surface area contributed by atoms with Crippen molar-refractivity contribution in [3.05, 3.63) is 152 Å². The summed E-state index contributed by atoms with van der Waals surface area (Å²) in [6, 6.07) is 53.1. The maximum absolute atomic E-state index is 6.31. The van der Waals surface area contributed by atoms with Crippen molar-refractivity contribution in [3.63, 3.8) is 0 Å². The van der Waals surface area contributed by atoms with Crippen molar-refractivity contribution < 1.29 is 4.42 Å². The van der Waals surface area contributed by atoms with Gasteiger partial charge in [0.05, 0.1) is 22.2 Å². The van der Waals surface area contributed by atoms with Crippen LogP contribution in [0.25, 0.3) is 93.8 Å². The lowest BCUT2D eigenvalue weighted by molar-refractivity contribution is 0.669. The Kier molecular flexibility index (Phi) is 5.25. The second-order valence-electron chi connectivity index (χ2n) is 11.8. The van der Waals surface area contributed by atoms with Gasteiger partial charge in [-0.2, -0.15) is 0 Å². The van der Waals surface area contributed by atoms with Crippen molar-refractivity contribution in [1.82, 2.24) is 14.5 Å². The molecule has 46 heavy (non-hydrogen) atoms. The Morgan fingerprint density at radius 1 is 0.457 bits per heavy atom. The van der Waals surface area contributed by atoms with E-state index in [1.54, 1.807) is 0 Å². The van der Waals surface area contributed by atoms with E-state index in [1.807, 2.05) is 24.3 Å². The van der Waals surface area contributed by atoms with Crippen LogP contribution in [0, 0.1) is 0 Å². The van der Waals surface area contributed by atoms with Crippen LogP contribution in [0.4, 0.5) is 0 Å². The van der Waals surface area contributed by atoms with Gasteiger partial charge in [-0.3, -0.25) is 4.57 Å². The summed E-state index contributed by atoms with van der Waals surface area (Å²) >= 11 is 0. The summed E-state index contributed by atoms with van der Waals surface area (Å²) in [6.07, 6.45) is 0. The van der Waals surface area contributed by atoms with Crippen molar-refractivity contribution in [1.29, 1.82) is 0 Å². The minimum Gasteiger partial charge on any atom is -0.456 e. The quantitative estimate of drug-likeness (QED) is 0.207. The summed E-state index contributed by atoms with van der Waals surface area (Å²) in [7, 11) is 0. The monoisotopic (exact) mass is 587 g/mol. The van der Waals surface area contributed by atoms with Crippen LogP contribution in [0.5, 0.6) is 0 Å². The first kappa shape index (κ1) is 25.1. The van der Waals surface area contributed by atoms with Gasteiger partial charge in [0.1, 0.15) is 11.2 Å². The summed E-state index contributed by atoms with van der Waals surface area (Å²) in [6.45, 7) is 0. The Hall–Kier alpha value is -6.26. The number of furan rings is 1. The molecule has 0 atom stereocenters. The summed E-state index contributed by atoms with van der Waals surface area (Å²) in [5.41, 5.74) is 8.92. The van der Waals surface area contributed by atoms with Gasteiger partial charge in [0.15, 0.2) is 0 Å². The minimum absolute atomic E-state index is 0.638. The minimum atomic E-state index is 0.638. The van der Waals surface area contributed by atoms with E-state index in [9.17, 15) is 0 Å². The molecule has 3 heterocycles. The molecular weight excluding hydrogens is 562 g/mol. The third-order valence-electron chi connectivity index (χ3n) is 9.19. The van der Waals surface area contributed by atoms with Crippen LogP contribution in [0.15, 0.2) is 156 Å². The fourth-order valence-electron chi connectivity index (χ4n) is 7.08. The largest absolute Gasteiger partial charge is 0.456 e. The average Bonchev–Trinajstić information content (AvgIpc) is 3.66.